The first-order chi connectivity index (χ1) is 10.7. The van der Waals surface area contributed by atoms with Crippen LogP contribution in [-0.4, -0.2) is 30.0 Å². The molecule has 0 atom stereocenters. The van der Waals surface area contributed by atoms with E-state index in [9.17, 15) is 22.0 Å². The molecule has 0 spiro atoms. The molecule has 0 unspecified atom stereocenters. The number of hydrogen-bond donors (Lipinski definition) is 0. The average molecular weight is 354 g/mol. The second-order valence-electron chi connectivity index (χ2n) is 4.39. The summed E-state index contributed by atoms with van der Waals surface area (Å²) < 4.78 is 67.5. The molecule has 0 saturated carbocycles. The van der Waals surface area contributed by atoms with Crippen molar-refractivity contribution in [3.05, 3.63) is 40.9 Å². The zero-order valence-corrected chi connectivity index (χ0v) is 12.3. The van der Waals surface area contributed by atoms with Crippen LogP contribution in [0.25, 0.3) is 0 Å². The molecule has 0 aliphatic heterocycles. The Kier molecular flexibility index (Phi) is 4.88. The van der Waals surface area contributed by atoms with Crippen LogP contribution >= 0.6 is 11.6 Å². The Hall–Kier alpha value is -2.16. The van der Waals surface area contributed by atoms with E-state index in [1.54, 1.807) is 0 Å². The number of nitrogens with zero attached hydrogens (tertiary/aromatic N) is 3. The molecule has 0 aliphatic carbocycles. The van der Waals surface area contributed by atoms with Crippen molar-refractivity contribution in [2.45, 2.75) is 6.18 Å². The van der Waals surface area contributed by atoms with Gasteiger partial charge in [-0.25, -0.2) is 8.78 Å². The smallest absolute Gasteiger partial charge is 0.422 e. The van der Waals surface area contributed by atoms with Crippen molar-refractivity contribution in [2.75, 3.05) is 18.6 Å². The van der Waals surface area contributed by atoms with Crippen LogP contribution in [0.5, 0.6) is 5.88 Å². The van der Waals surface area contributed by atoms with Crippen LogP contribution in [0.1, 0.15) is 0 Å². The highest BCUT2D eigenvalue weighted by Gasteiger charge is 2.28. The lowest BCUT2D eigenvalue weighted by molar-refractivity contribution is -0.154. The maximum Gasteiger partial charge on any atom is 0.422 e. The van der Waals surface area contributed by atoms with E-state index in [1.165, 1.54) is 18.0 Å². The molecule has 1 aromatic heterocycles. The van der Waals surface area contributed by atoms with Crippen molar-refractivity contribution < 1.29 is 26.7 Å². The molecule has 0 N–H and O–H groups in total. The number of anilines is 2. The third-order valence-electron chi connectivity index (χ3n) is 2.73. The van der Waals surface area contributed by atoms with Gasteiger partial charge in [0.2, 0.25) is 5.88 Å². The van der Waals surface area contributed by atoms with Crippen LogP contribution in [0, 0.1) is 11.6 Å². The predicted molar refractivity (Wildman–Crippen MR) is 73.0 cm³/mol. The Labute approximate surface area is 132 Å². The lowest BCUT2D eigenvalue weighted by Gasteiger charge is -2.19. The molecule has 0 amide bonds. The van der Waals surface area contributed by atoms with Gasteiger partial charge in [-0.3, -0.25) is 0 Å². The van der Waals surface area contributed by atoms with Crippen LogP contribution < -0.4 is 9.64 Å². The number of aromatic nitrogens is 2. The first-order valence-electron chi connectivity index (χ1n) is 6.09. The fourth-order valence-electron chi connectivity index (χ4n) is 1.62. The third-order valence-corrected chi connectivity index (χ3v) is 3.08. The maximum atomic E-state index is 13.9. The van der Waals surface area contributed by atoms with E-state index in [0.29, 0.717) is 0 Å². The van der Waals surface area contributed by atoms with E-state index >= 15 is 0 Å². The van der Waals surface area contributed by atoms with Crippen molar-refractivity contribution in [1.82, 2.24) is 10.2 Å². The molecule has 0 aliphatic rings. The van der Waals surface area contributed by atoms with Gasteiger partial charge in [0.25, 0.3) is 0 Å². The number of rotatable bonds is 4. The van der Waals surface area contributed by atoms with Gasteiger partial charge in [0, 0.05) is 13.1 Å². The maximum absolute atomic E-state index is 13.9. The van der Waals surface area contributed by atoms with E-state index in [-0.39, 0.29) is 17.4 Å². The largest absolute Gasteiger partial charge is 0.467 e. The quantitative estimate of drug-likeness (QED) is 0.612. The highest BCUT2D eigenvalue weighted by molar-refractivity contribution is 6.31. The van der Waals surface area contributed by atoms with E-state index in [1.807, 2.05) is 0 Å². The third kappa shape index (κ3) is 4.19. The lowest BCUT2D eigenvalue weighted by Crippen LogP contribution is -2.20. The molecule has 124 valence electrons. The van der Waals surface area contributed by atoms with Gasteiger partial charge in [-0.2, -0.15) is 13.2 Å². The van der Waals surface area contributed by atoms with Gasteiger partial charge < -0.3 is 9.64 Å². The number of alkyl halides is 3. The summed E-state index contributed by atoms with van der Waals surface area (Å²) in [5, 5.41) is 6.41. The number of halogens is 6. The van der Waals surface area contributed by atoms with Crippen LogP contribution in [0.3, 0.4) is 0 Å². The van der Waals surface area contributed by atoms with Crippen molar-refractivity contribution >= 4 is 23.1 Å². The molecule has 2 aromatic rings. The Morgan fingerprint density at radius 2 is 1.83 bits per heavy atom. The van der Waals surface area contributed by atoms with Gasteiger partial charge >= 0.3 is 6.18 Å². The Bertz CT molecular complexity index is 693. The Morgan fingerprint density at radius 1 is 1.13 bits per heavy atom. The molecule has 1 aromatic carbocycles. The molecule has 0 fully saturated rings. The summed E-state index contributed by atoms with van der Waals surface area (Å²) in [6.07, 6.45) is -4.49. The second kappa shape index (κ2) is 6.53. The van der Waals surface area contributed by atoms with Gasteiger partial charge in [0.1, 0.15) is 10.8 Å². The summed E-state index contributed by atoms with van der Waals surface area (Å²) in [6, 6.07) is 4.54. The molecule has 0 saturated heterocycles. The van der Waals surface area contributed by atoms with Gasteiger partial charge in [-0.1, -0.05) is 11.6 Å². The Balaban J connectivity index is 2.18. The predicted octanol–water partition coefficient (Wildman–Crippen LogP) is 4.12. The molecule has 23 heavy (non-hydrogen) atoms. The number of ether oxygens (including phenoxy) is 1. The molecule has 4 nitrogen and oxygen atoms in total. The van der Waals surface area contributed by atoms with Crippen molar-refractivity contribution in [2.24, 2.45) is 0 Å². The average Bonchev–Trinajstić information content (AvgIpc) is 2.50. The van der Waals surface area contributed by atoms with Crippen LogP contribution in [-0.2, 0) is 0 Å². The van der Waals surface area contributed by atoms with Gasteiger partial charge in [0.15, 0.2) is 18.2 Å². The SMILES string of the molecule is CN(c1ccc(OCC(F)(F)F)nn1)c1ccc(F)c(Cl)c1F. The topological polar surface area (TPSA) is 38.2 Å². The first kappa shape index (κ1) is 17.2. The number of benzene rings is 1. The molecule has 0 radical (unpaired) electrons. The minimum atomic E-state index is -4.49. The summed E-state index contributed by atoms with van der Waals surface area (Å²) in [7, 11) is 1.41. The summed E-state index contributed by atoms with van der Waals surface area (Å²) in [5.74, 6) is -2.14. The molecular weight excluding hydrogens is 345 g/mol. The monoisotopic (exact) mass is 353 g/mol. The minimum Gasteiger partial charge on any atom is -0.467 e. The Morgan fingerprint density at radius 3 is 2.39 bits per heavy atom. The van der Waals surface area contributed by atoms with Crippen molar-refractivity contribution in [1.29, 1.82) is 0 Å². The van der Waals surface area contributed by atoms with E-state index in [0.717, 1.165) is 18.2 Å². The van der Waals surface area contributed by atoms with Crippen molar-refractivity contribution in [3.8, 4) is 5.88 Å². The molecule has 0 bridgehead atoms. The fraction of sp³-hybridized carbons (Fsp3) is 0.231. The highest BCUT2D eigenvalue weighted by atomic mass is 35.5. The van der Waals surface area contributed by atoms with Gasteiger partial charge in [0.05, 0.1) is 5.69 Å². The fourth-order valence-corrected chi connectivity index (χ4v) is 1.78. The van der Waals surface area contributed by atoms with Crippen molar-refractivity contribution in [3.63, 3.8) is 0 Å². The minimum absolute atomic E-state index is 0.0744. The lowest BCUT2D eigenvalue weighted by atomic mass is 10.2. The van der Waals surface area contributed by atoms with Gasteiger partial charge in [-0.15, -0.1) is 10.2 Å². The highest BCUT2D eigenvalue weighted by Crippen LogP contribution is 2.31. The standard InChI is InChI=1S/C13H9ClF5N3O/c1-22(8-3-2-7(15)11(14)12(8)16)9-4-5-10(21-20-9)23-6-13(17,18)19/h2-5H,6H2,1H3. The molecule has 10 heteroatoms. The molecular formula is C13H9ClF5N3O. The summed E-state index contributed by atoms with van der Waals surface area (Å²) in [5.41, 5.74) is -0.0744. The summed E-state index contributed by atoms with van der Waals surface area (Å²) >= 11 is 5.48. The van der Waals surface area contributed by atoms with Crippen LogP contribution in [0.15, 0.2) is 24.3 Å². The summed E-state index contributed by atoms with van der Waals surface area (Å²) in [4.78, 5) is 1.21. The van der Waals surface area contributed by atoms with E-state index < -0.39 is 29.4 Å². The summed E-state index contributed by atoms with van der Waals surface area (Å²) in [6.45, 7) is -1.50. The zero-order valence-electron chi connectivity index (χ0n) is 11.5. The molecule has 2 rings (SSSR count). The first-order valence-corrected chi connectivity index (χ1v) is 6.47. The molecule has 1 heterocycles. The second-order valence-corrected chi connectivity index (χ2v) is 4.77. The number of hydrogen-bond acceptors (Lipinski definition) is 4. The van der Waals surface area contributed by atoms with E-state index in [4.69, 9.17) is 11.6 Å². The normalized spacial score (nSPS) is 11.4. The zero-order chi connectivity index (χ0) is 17.2. The van der Waals surface area contributed by atoms with Gasteiger partial charge in [-0.05, 0) is 18.2 Å². The van der Waals surface area contributed by atoms with E-state index in [2.05, 4.69) is 14.9 Å². The van der Waals surface area contributed by atoms with Crippen LogP contribution in [0.2, 0.25) is 5.02 Å². The van der Waals surface area contributed by atoms with Crippen LogP contribution in [0.4, 0.5) is 33.5 Å².